The summed E-state index contributed by atoms with van der Waals surface area (Å²) in [6, 6.07) is 3.98. The average molecular weight is 640 g/mol. The van der Waals surface area contributed by atoms with Gasteiger partial charge >= 0.3 is 11.9 Å². The molecule has 226 valence electrons. The third kappa shape index (κ3) is 8.07. The first-order valence-corrected chi connectivity index (χ1v) is 15.3. The summed E-state index contributed by atoms with van der Waals surface area (Å²) in [6.07, 6.45) is 1.66. The van der Waals surface area contributed by atoms with Crippen LogP contribution >= 0.6 is 34.7 Å². The number of nitrogens with zero attached hydrogens (tertiary/aromatic N) is 3. The van der Waals surface area contributed by atoms with E-state index in [4.69, 9.17) is 21.1 Å². The number of amides is 2. The lowest BCUT2D eigenvalue weighted by Crippen LogP contribution is -2.26. The standard InChI is InChI=1S/C27H31ClFN5O6S2/c1-5-8-12-34-18(13-30-23(36)21-16(28)10-9-11-17(21)29)32-33-27(34)41-14-19(35)31-24-20(25(37)39-6-2)15(4)22(42-24)26(38)40-7-3/h9-11H,5-8,12-14H2,1-4H3,(H,30,36)(H,31,35). The number of thioether (sulfide) groups is 1. The molecule has 0 fully saturated rings. The van der Waals surface area contributed by atoms with Crippen molar-refractivity contribution in [2.75, 3.05) is 24.3 Å². The molecule has 2 heterocycles. The van der Waals surface area contributed by atoms with Crippen LogP contribution in [0.15, 0.2) is 23.4 Å². The van der Waals surface area contributed by atoms with Gasteiger partial charge < -0.3 is 24.7 Å². The van der Waals surface area contributed by atoms with E-state index >= 15 is 0 Å². The second kappa shape index (κ2) is 15.7. The Kier molecular flexibility index (Phi) is 12.3. The monoisotopic (exact) mass is 639 g/mol. The van der Waals surface area contributed by atoms with E-state index in [2.05, 4.69) is 20.8 Å². The number of esters is 2. The molecule has 3 rings (SSSR count). The van der Waals surface area contributed by atoms with E-state index in [1.807, 2.05) is 6.92 Å². The fraction of sp³-hybridized carbons (Fsp3) is 0.407. The molecule has 2 aromatic heterocycles. The highest BCUT2D eigenvalue weighted by Crippen LogP contribution is 2.34. The number of carbonyl (C=O) groups excluding carboxylic acids is 4. The minimum Gasteiger partial charge on any atom is -0.462 e. The van der Waals surface area contributed by atoms with Gasteiger partial charge in [-0.05, 0) is 44.9 Å². The van der Waals surface area contributed by atoms with Gasteiger partial charge in [-0.1, -0.05) is 42.8 Å². The molecule has 1 aromatic carbocycles. The first-order valence-electron chi connectivity index (χ1n) is 13.2. The number of carbonyl (C=O) groups is 4. The number of halogens is 2. The Bertz CT molecular complexity index is 1440. The molecule has 0 aliphatic rings. The molecule has 0 saturated carbocycles. The molecule has 0 bridgehead atoms. The second-order valence-electron chi connectivity index (χ2n) is 8.72. The van der Waals surface area contributed by atoms with E-state index in [9.17, 15) is 23.6 Å². The molecule has 15 heteroatoms. The normalized spacial score (nSPS) is 10.8. The summed E-state index contributed by atoms with van der Waals surface area (Å²) in [7, 11) is 0. The van der Waals surface area contributed by atoms with Gasteiger partial charge in [0.1, 0.15) is 15.7 Å². The van der Waals surface area contributed by atoms with Gasteiger partial charge in [-0.15, -0.1) is 21.5 Å². The van der Waals surface area contributed by atoms with Crippen molar-refractivity contribution in [1.29, 1.82) is 0 Å². The molecule has 0 atom stereocenters. The Morgan fingerprint density at radius 3 is 2.45 bits per heavy atom. The van der Waals surface area contributed by atoms with Gasteiger partial charge in [0.05, 0.1) is 41.7 Å². The van der Waals surface area contributed by atoms with E-state index in [-0.39, 0.29) is 51.5 Å². The largest absolute Gasteiger partial charge is 0.462 e. The Hall–Kier alpha value is -3.49. The molecule has 0 saturated heterocycles. The summed E-state index contributed by atoms with van der Waals surface area (Å²) < 4.78 is 26.1. The first-order chi connectivity index (χ1) is 20.1. The predicted octanol–water partition coefficient (Wildman–Crippen LogP) is 5.25. The van der Waals surface area contributed by atoms with Crippen molar-refractivity contribution in [3.05, 3.63) is 56.4 Å². The summed E-state index contributed by atoms with van der Waals surface area (Å²) in [6.45, 7) is 7.70. The maximum Gasteiger partial charge on any atom is 0.348 e. The molecule has 3 aromatic rings. The summed E-state index contributed by atoms with van der Waals surface area (Å²) in [5.74, 6) is -2.80. The van der Waals surface area contributed by atoms with Crippen LogP contribution in [-0.4, -0.2) is 57.5 Å². The number of hydrogen-bond acceptors (Lipinski definition) is 10. The number of thiophene rings is 1. The molecule has 0 radical (unpaired) electrons. The van der Waals surface area contributed by atoms with Crippen LogP contribution in [0.1, 0.15) is 75.4 Å². The molecule has 0 spiro atoms. The third-order valence-electron chi connectivity index (χ3n) is 5.80. The minimum atomic E-state index is -0.740. The molecule has 42 heavy (non-hydrogen) atoms. The van der Waals surface area contributed by atoms with Crippen molar-refractivity contribution < 1.29 is 33.0 Å². The van der Waals surface area contributed by atoms with E-state index < -0.39 is 29.6 Å². The highest BCUT2D eigenvalue weighted by molar-refractivity contribution is 7.99. The maximum absolute atomic E-state index is 14.1. The number of rotatable bonds is 14. The summed E-state index contributed by atoms with van der Waals surface area (Å²) in [5, 5.41) is 14.3. The number of nitrogens with one attached hydrogen (secondary N) is 2. The van der Waals surface area contributed by atoms with Crippen molar-refractivity contribution >= 4 is 63.5 Å². The molecule has 2 N–H and O–H groups in total. The minimum absolute atomic E-state index is 0.0105. The molecule has 0 aliphatic carbocycles. The van der Waals surface area contributed by atoms with Gasteiger partial charge in [0.2, 0.25) is 5.91 Å². The number of benzene rings is 1. The van der Waals surface area contributed by atoms with Gasteiger partial charge in [-0.3, -0.25) is 9.59 Å². The molecular formula is C27H31ClFN5O6S2. The lowest BCUT2D eigenvalue weighted by Gasteiger charge is -2.11. The van der Waals surface area contributed by atoms with E-state index in [1.54, 1.807) is 25.3 Å². The van der Waals surface area contributed by atoms with Crippen molar-refractivity contribution in [1.82, 2.24) is 20.1 Å². The first kappa shape index (κ1) is 33.0. The fourth-order valence-electron chi connectivity index (χ4n) is 3.79. The van der Waals surface area contributed by atoms with Crippen LogP contribution in [0, 0.1) is 12.7 Å². The zero-order valence-corrected chi connectivity index (χ0v) is 25.9. The summed E-state index contributed by atoms with van der Waals surface area (Å²) in [4.78, 5) is 50.8. The zero-order chi connectivity index (χ0) is 30.8. The molecule has 2 amide bonds. The highest BCUT2D eigenvalue weighted by Gasteiger charge is 2.27. The van der Waals surface area contributed by atoms with Crippen LogP contribution in [0.4, 0.5) is 9.39 Å². The van der Waals surface area contributed by atoms with Gasteiger partial charge in [0.15, 0.2) is 11.0 Å². The van der Waals surface area contributed by atoms with Crippen LogP contribution < -0.4 is 10.6 Å². The molecule has 0 unspecified atom stereocenters. The number of aromatic nitrogens is 3. The van der Waals surface area contributed by atoms with Crippen molar-refractivity contribution in [2.24, 2.45) is 0 Å². The van der Waals surface area contributed by atoms with Crippen molar-refractivity contribution in [2.45, 2.75) is 58.8 Å². The third-order valence-corrected chi connectivity index (χ3v) is 8.27. The quantitative estimate of drug-likeness (QED) is 0.179. The average Bonchev–Trinajstić information content (AvgIpc) is 3.49. The van der Waals surface area contributed by atoms with Gasteiger partial charge in [-0.25, -0.2) is 14.0 Å². The lowest BCUT2D eigenvalue weighted by atomic mass is 10.1. The predicted molar refractivity (Wildman–Crippen MR) is 158 cm³/mol. The molecular weight excluding hydrogens is 609 g/mol. The number of unbranched alkanes of at least 4 members (excludes halogenated alkanes) is 1. The van der Waals surface area contributed by atoms with E-state index in [0.29, 0.717) is 23.1 Å². The SMILES string of the molecule is CCCCn1c(CNC(=O)c2c(F)cccc2Cl)nnc1SCC(=O)Nc1sc(C(=O)OCC)c(C)c1C(=O)OCC. The van der Waals surface area contributed by atoms with Gasteiger partial charge in [0, 0.05) is 6.54 Å². The smallest absolute Gasteiger partial charge is 0.348 e. The molecule has 0 aliphatic heterocycles. The highest BCUT2D eigenvalue weighted by atomic mass is 35.5. The van der Waals surface area contributed by atoms with E-state index in [1.165, 1.54) is 12.1 Å². The Morgan fingerprint density at radius 2 is 1.79 bits per heavy atom. The topological polar surface area (TPSA) is 142 Å². The van der Waals surface area contributed by atoms with Crippen molar-refractivity contribution in [3.63, 3.8) is 0 Å². The lowest BCUT2D eigenvalue weighted by molar-refractivity contribution is -0.113. The van der Waals surface area contributed by atoms with Crippen LogP contribution in [0.5, 0.6) is 0 Å². The fourth-order valence-corrected chi connectivity index (χ4v) is 5.93. The van der Waals surface area contributed by atoms with Gasteiger partial charge in [0.25, 0.3) is 5.91 Å². The summed E-state index contributed by atoms with van der Waals surface area (Å²) in [5.41, 5.74) is 0.201. The Morgan fingerprint density at radius 1 is 1.07 bits per heavy atom. The van der Waals surface area contributed by atoms with Crippen LogP contribution in [0.25, 0.3) is 0 Å². The second-order valence-corrected chi connectivity index (χ2v) is 11.1. The zero-order valence-electron chi connectivity index (χ0n) is 23.5. The summed E-state index contributed by atoms with van der Waals surface area (Å²) >= 11 is 8.05. The maximum atomic E-state index is 14.1. The number of anilines is 1. The Balaban J connectivity index is 1.74. The number of hydrogen-bond donors (Lipinski definition) is 2. The van der Waals surface area contributed by atoms with Crippen molar-refractivity contribution in [3.8, 4) is 0 Å². The van der Waals surface area contributed by atoms with Crippen LogP contribution in [-0.2, 0) is 27.4 Å². The van der Waals surface area contributed by atoms with E-state index in [0.717, 1.165) is 42.0 Å². The number of ether oxygens (including phenoxy) is 2. The van der Waals surface area contributed by atoms with Gasteiger partial charge in [-0.2, -0.15) is 0 Å². The molecule has 11 nitrogen and oxygen atoms in total. The van der Waals surface area contributed by atoms with Crippen LogP contribution in [0.3, 0.4) is 0 Å². The van der Waals surface area contributed by atoms with Crippen LogP contribution in [0.2, 0.25) is 5.02 Å². The Labute approximate surface area is 255 Å².